The molecule has 26 heavy (non-hydrogen) atoms. The first-order valence-electron chi connectivity index (χ1n) is 8.48. The fraction of sp³-hybridized carbons (Fsp3) is 0.474. The van der Waals surface area contributed by atoms with Gasteiger partial charge in [-0.3, -0.25) is 4.99 Å². The Morgan fingerprint density at radius 1 is 1.27 bits per heavy atom. The number of nitrogens with zero attached hydrogens (tertiary/aromatic N) is 2. The molecular formula is C19H28FIN4O. The molecule has 0 fully saturated rings. The van der Waals surface area contributed by atoms with Crippen molar-refractivity contribution in [3.8, 4) is 0 Å². The van der Waals surface area contributed by atoms with E-state index in [9.17, 15) is 4.39 Å². The Bertz CT molecular complexity index is 728. The molecule has 0 aliphatic carbocycles. The second-order valence-corrected chi connectivity index (χ2v) is 7.05. The molecule has 0 aliphatic heterocycles. The lowest BCUT2D eigenvalue weighted by molar-refractivity contribution is 0.371. The second-order valence-electron chi connectivity index (χ2n) is 7.05. The van der Waals surface area contributed by atoms with E-state index in [2.05, 4.69) is 48.5 Å². The molecule has 0 unspecified atom stereocenters. The third-order valence-electron chi connectivity index (χ3n) is 4.13. The molecule has 0 amide bonds. The molecule has 2 rings (SSSR count). The molecule has 2 aromatic rings. The van der Waals surface area contributed by atoms with Crippen LogP contribution in [-0.2, 0) is 12.0 Å². The number of nitrogens with one attached hydrogen (secondary N) is 2. The maximum atomic E-state index is 13.5. The molecule has 0 spiro atoms. The van der Waals surface area contributed by atoms with Gasteiger partial charge in [-0.15, -0.1) is 24.0 Å². The van der Waals surface area contributed by atoms with Crippen molar-refractivity contribution in [3.63, 3.8) is 0 Å². The van der Waals surface area contributed by atoms with E-state index in [1.165, 1.54) is 6.07 Å². The van der Waals surface area contributed by atoms with Crippen molar-refractivity contribution < 1.29 is 8.91 Å². The summed E-state index contributed by atoms with van der Waals surface area (Å²) in [4.78, 5) is 4.22. The quantitative estimate of drug-likeness (QED) is 0.375. The smallest absolute Gasteiger partial charge is 0.191 e. The lowest BCUT2D eigenvalue weighted by Crippen LogP contribution is -2.43. The number of aliphatic imine (C=N–C) groups is 1. The average Bonchev–Trinajstić information content (AvgIpc) is 3.04. The van der Waals surface area contributed by atoms with Gasteiger partial charge in [0, 0.05) is 25.1 Å². The van der Waals surface area contributed by atoms with Gasteiger partial charge in [0.25, 0.3) is 0 Å². The zero-order chi connectivity index (χ0) is 18.4. The van der Waals surface area contributed by atoms with Crippen LogP contribution in [0.4, 0.5) is 4.39 Å². The first-order valence-corrected chi connectivity index (χ1v) is 8.48. The molecule has 1 aromatic carbocycles. The van der Waals surface area contributed by atoms with Crippen LogP contribution in [0.3, 0.4) is 0 Å². The zero-order valence-electron chi connectivity index (χ0n) is 16.0. The molecular weight excluding hydrogens is 446 g/mol. The number of hydrogen-bond acceptors (Lipinski definition) is 3. The average molecular weight is 474 g/mol. The van der Waals surface area contributed by atoms with Gasteiger partial charge < -0.3 is 15.2 Å². The number of rotatable bonds is 6. The third kappa shape index (κ3) is 6.26. The summed E-state index contributed by atoms with van der Waals surface area (Å²) in [5, 5.41) is 10.5. The van der Waals surface area contributed by atoms with Crippen molar-refractivity contribution in [2.75, 3.05) is 13.6 Å². The minimum absolute atomic E-state index is 0. The van der Waals surface area contributed by atoms with Crippen molar-refractivity contribution in [3.05, 3.63) is 53.2 Å². The Morgan fingerprint density at radius 2 is 2.00 bits per heavy atom. The van der Waals surface area contributed by atoms with Crippen LogP contribution >= 0.6 is 24.0 Å². The van der Waals surface area contributed by atoms with Crippen LogP contribution in [0, 0.1) is 5.82 Å². The fourth-order valence-corrected chi connectivity index (χ4v) is 2.39. The van der Waals surface area contributed by atoms with Crippen LogP contribution < -0.4 is 10.6 Å². The van der Waals surface area contributed by atoms with Crippen LogP contribution in [0.2, 0.25) is 0 Å². The van der Waals surface area contributed by atoms with Gasteiger partial charge >= 0.3 is 0 Å². The molecule has 0 bridgehead atoms. The summed E-state index contributed by atoms with van der Waals surface area (Å²) in [6, 6.07) is 8.64. The molecule has 144 valence electrons. The van der Waals surface area contributed by atoms with E-state index in [1.807, 2.05) is 12.1 Å². The molecule has 7 heteroatoms. The monoisotopic (exact) mass is 474 g/mol. The Hall–Kier alpha value is -1.64. The summed E-state index contributed by atoms with van der Waals surface area (Å²) < 4.78 is 18.8. The first kappa shape index (κ1) is 22.4. The normalized spacial score (nSPS) is 12.0. The van der Waals surface area contributed by atoms with Gasteiger partial charge in [-0.2, -0.15) is 0 Å². The lowest BCUT2D eigenvalue weighted by Gasteiger charge is -2.26. The summed E-state index contributed by atoms with van der Waals surface area (Å²) in [6.07, 6.45) is 0. The number of benzene rings is 1. The summed E-state index contributed by atoms with van der Waals surface area (Å²) in [5.74, 6) is 1.53. The number of guanidine groups is 1. The predicted octanol–water partition coefficient (Wildman–Crippen LogP) is 4.20. The minimum Gasteiger partial charge on any atom is -0.359 e. The van der Waals surface area contributed by atoms with Gasteiger partial charge in [0.2, 0.25) is 0 Å². The Morgan fingerprint density at radius 3 is 2.58 bits per heavy atom. The van der Waals surface area contributed by atoms with Crippen LogP contribution in [0.5, 0.6) is 0 Å². The van der Waals surface area contributed by atoms with Gasteiger partial charge in [-0.1, -0.05) is 45.0 Å². The maximum Gasteiger partial charge on any atom is 0.191 e. The molecule has 1 aromatic heterocycles. The highest BCUT2D eigenvalue weighted by Gasteiger charge is 2.21. The van der Waals surface area contributed by atoms with Crippen molar-refractivity contribution >= 4 is 29.9 Å². The van der Waals surface area contributed by atoms with Gasteiger partial charge in [-0.25, -0.2) is 4.39 Å². The number of aromatic nitrogens is 1. The molecule has 0 radical (unpaired) electrons. The standard InChI is InChI=1S/C19H27FN4O.HI/c1-13(2)17-10-16(25-24-17)11-22-18(21-5)23-12-19(3,4)14-7-6-8-15(20)9-14;/h6-10,13H,11-12H2,1-5H3,(H2,21,22,23);1H. The van der Waals surface area contributed by atoms with Crippen molar-refractivity contribution in [2.24, 2.45) is 4.99 Å². The van der Waals surface area contributed by atoms with Crippen LogP contribution in [0.1, 0.15) is 50.6 Å². The van der Waals surface area contributed by atoms with E-state index in [-0.39, 0.29) is 35.2 Å². The molecule has 0 saturated heterocycles. The molecule has 0 saturated carbocycles. The van der Waals surface area contributed by atoms with Gasteiger partial charge in [0.05, 0.1) is 12.2 Å². The van der Waals surface area contributed by atoms with E-state index in [0.29, 0.717) is 25.0 Å². The minimum atomic E-state index is -0.239. The zero-order valence-corrected chi connectivity index (χ0v) is 18.3. The number of halogens is 2. The van der Waals surface area contributed by atoms with Crippen LogP contribution in [0.15, 0.2) is 39.8 Å². The predicted molar refractivity (Wildman–Crippen MR) is 114 cm³/mol. The van der Waals surface area contributed by atoms with E-state index in [4.69, 9.17) is 4.52 Å². The molecule has 2 N–H and O–H groups in total. The largest absolute Gasteiger partial charge is 0.359 e. The fourth-order valence-electron chi connectivity index (χ4n) is 2.39. The second kappa shape index (κ2) is 9.89. The highest BCUT2D eigenvalue weighted by molar-refractivity contribution is 14.0. The highest BCUT2D eigenvalue weighted by Crippen LogP contribution is 2.22. The molecule has 0 atom stereocenters. The Kier molecular flexibility index (Phi) is 8.52. The lowest BCUT2D eigenvalue weighted by atomic mass is 9.84. The van der Waals surface area contributed by atoms with Gasteiger partial charge in [0.1, 0.15) is 5.82 Å². The summed E-state index contributed by atoms with van der Waals surface area (Å²) in [6.45, 7) is 9.39. The number of hydrogen-bond donors (Lipinski definition) is 2. The third-order valence-corrected chi connectivity index (χ3v) is 4.13. The van der Waals surface area contributed by atoms with E-state index < -0.39 is 0 Å². The van der Waals surface area contributed by atoms with Crippen molar-refractivity contribution in [1.82, 2.24) is 15.8 Å². The van der Waals surface area contributed by atoms with E-state index in [0.717, 1.165) is 17.0 Å². The summed E-state index contributed by atoms with van der Waals surface area (Å²) in [7, 11) is 1.71. The van der Waals surface area contributed by atoms with Crippen molar-refractivity contribution in [2.45, 2.75) is 45.6 Å². The maximum absolute atomic E-state index is 13.5. The first-order chi connectivity index (χ1) is 11.8. The SMILES string of the molecule is CN=C(NCc1cc(C(C)C)no1)NCC(C)(C)c1cccc(F)c1.I. The Balaban J connectivity index is 0.00000338. The van der Waals surface area contributed by atoms with E-state index >= 15 is 0 Å². The van der Waals surface area contributed by atoms with Crippen LogP contribution in [0.25, 0.3) is 0 Å². The summed E-state index contributed by atoms with van der Waals surface area (Å²) >= 11 is 0. The van der Waals surface area contributed by atoms with Crippen molar-refractivity contribution in [1.29, 1.82) is 0 Å². The molecule has 5 nitrogen and oxygen atoms in total. The topological polar surface area (TPSA) is 62.5 Å². The van der Waals surface area contributed by atoms with Gasteiger partial charge in [0.15, 0.2) is 11.7 Å². The highest BCUT2D eigenvalue weighted by atomic mass is 127. The molecule has 1 heterocycles. The molecule has 0 aliphatic rings. The van der Waals surface area contributed by atoms with E-state index in [1.54, 1.807) is 19.2 Å². The van der Waals surface area contributed by atoms with Gasteiger partial charge in [-0.05, 0) is 23.6 Å². The van der Waals surface area contributed by atoms with Crippen LogP contribution in [-0.4, -0.2) is 24.7 Å². The Labute approximate surface area is 171 Å². The summed E-state index contributed by atoms with van der Waals surface area (Å²) in [5.41, 5.74) is 1.63.